The molecule has 2 nitrogen and oxygen atoms in total. The summed E-state index contributed by atoms with van der Waals surface area (Å²) in [5, 5.41) is 0. The van der Waals surface area contributed by atoms with E-state index in [1.165, 1.54) is 58.2 Å². The zero-order valence-corrected chi connectivity index (χ0v) is 25.5. The van der Waals surface area contributed by atoms with Gasteiger partial charge in [0, 0.05) is 22.8 Å². The van der Waals surface area contributed by atoms with Gasteiger partial charge in [-0.1, -0.05) is 66.0 Å². The summed E-state index contributed by atoms with van der Waals surface area (Å²) in [6.07, 6.45) is 14.5. The Kier molecular flexibility index (Phi) is 16.6. The minimum absolute atomic E-state index is 0. The first-order valence-corrected chi connectivity index (χ1v) is 13.7. The normalized spacial score (nSPS) is 12.6. The number of nitrogens with zero attached hydrogens (tertiary/aromatic N) is 2. The number of unbranched alkanes of at least 4 members (excludes halogenated alkanes) is 3. The molecule has 0 amide bonds. The number of rotatable bonds is 13. The van der Waals surface area contributed by atoms with Gasteiger partial charge in [-0.2, -0.15) is 0 Å². The van der Waals surface area contributed by atoms with Crippen molar-refractivity contribution in [3.8, 4) is 0 Å². The molecular weight excluding hydrogens is 495 g/mol. The second-order valence-electron chi connectivity index (χ2n) is 9.81. The van der Waals surface area contributed by atoms with Gasteiger partial charge >= 0.3 is 16.5 Å². The molecular formula is C34H50N2Ni. The molecule has 0 unspecified atom stereocenters. The Bertz CT molecular complexity index is 1060. The Morgan fingerprint density at radius 1 is 0.595 bits per heavy atom. The van der Waals surface area contributed by atoms with Crippen LogP contribution in [0.3, 0.4) is 0 Å². The summed E-state index contributed by atoms with van der Waals surface area (Å²) < 4.78 is 1.49. The van der Waals surface area contributed by atoms with E-state index in [2.05, 4.69) is 77.1 Å². The van der Waals surface area contributed by atoms with Crippen LogP contribution in [0, 0.1) is 14.9 Å². The summed E-state index contributed by atoms with van der Waals surface area (Å²) in [7, 11) is 0. The second kappa shape index (κ2) is 17.5. The van der Waals surface area contributed by atoms with Crippen molar-refractivity contribution >= 4 is 11.4 Å². The maximum Gasteiger partial charge on any atom is 2.00 e. The number of allylic oxidation sites excluding steroid dienone is 2. The maximum absolute atomic E-state index is 11.6. The summed E-state index contributed by atoms with van der Waals surface area (Å²) in [5.41, 5.74) is 22.5. The Labute approximate surface area is 239 Å². The molecule has 0 N–H and O–H groups in total. The van der Waals surface area contributed by atoms with Crippen LogP contribution in [0.25, 0.3) is 16.9 Å². The molecule has 3 heteroatoms. The van der Waals surface area contributed by atoms with E-state index in [1.807, 2.05) is 0 Å². The first kappa shape index (κ1) is 35.0. The number of benzene rings is 2. The van der Waals surface area contributed by atoms with Crippen molar-refractivity contribution in [2.45, 2.75) is 105 Å². The summed E-state index contributed by atoms with van der Waals surface area (Å²) in [4.78, 5) is 0. The molecule has 0 fully saturated rings. The predicted octanol–water partition coefficient (Wildman–Crippen LogP) is 10.4. The molecule has 0 aromatic heterocycles. The van der Waals surface area contributed by atoms with Crippen molar-refractivity contribution in [2.24, 2.45) is 0 Å². The van der Waals surface area contributed by atoms with Crippen LogP contribution < -0.4 is 0 Å². The van der Waals surface area contributed by atoms with Crippen molar-refractivity contribution in [1.29, 1.82) is 0 Å². The van der Waals surface area contributed by atoms with Crippen LogP contribution in [-0.2, 0) is 42.2 Å². The van der Waals surface area contributed by atoms with Gasteiger partial charge in [-0.25, -0.2) is 4.70 Å². The maximum atomic E-state index is 11.6. The molecule has 206 valence electrons. The quantitative estimate of drug-likeness (QED) is 0.136. The minimum atomic E-state index is 0. The monoisotopic (exact) mass is 544 g/mol. The molecule has 0 spiro atoms. The van der Waals surface area contributed by atoms with Crippen LogP contribution in [-0.4, -0.2) is 4.70 Å². The van der Waals surface area contributed by atoms with Gasteiger partial charge in [0.15, 0.2) is 0 Å². The summed E-state index contributed by atoms with van der Waals surface area (Å²) in [5.74, 6) is 0. The molecule has 2 aromatic rings. The Morgan fingerprint density at radius 2 is 1.03 bits per heavy atom. The van der Waals surface area contributed by atoms with Crippen LogP contribution in [0.1, 0.15) is 113 Å². The first-order valence-electron chi connectivity index (χ1n) is 13.7. The van der Waals surface area contributed by atoms with Gasteiger partial charge < -0.3 is 20.4 Å². The molecule has 2 aromatic carbocycles. The number of hydrogen-bond acceptors (Lipinski definition) is 0. The molecule has 1 aliphatic heterocycles. The summed E-state index contributed by atoms with van der Waals surface area (Å²) in [6, 6.07) is 13.8. The van der Waals surface area contributed by atoms with E-state index in [0.29, 0.717) is 0 Å². The van der Waals surface area contributed by atoms with E-state index < -0.39 is 0 Å². The average Bonchev–Trinajstić information content (AvgIpc) is 3.20. The molecule has 0 radical (unpaired) electrons. The topological polar surface area (TPSA) is 25.3 Å². The van der Waals surface area contributed by atoms with Gasteiger partial charge in [0.2, 0.25) is 11.4 Å². The second-order valence-corrected chi connectivity index (χ2v) is 9.81. The molecule has 0 saturated heterocycles. The largest absolute Gasteiger partial charge is 2.00 e. The van der Waals surface area contributed by atoms with Crippen molar-refractivity contribution < 1.29 is 21.2 Å². The third-order valence-electron chi connectivity index (χ3n) is 6.98. The van der Waals surface area contributed by atoms with Crippen molar-refractivity contribution in [1.82, 2.24) is 0 Å². The van der Waals surface area contributed by atoms with Gasteiger partial charge in [0.25, 0.3) is 0 Å². The molecule has 1 heterocycles. The smallest absolute Gasteiger partial charge is 0.493 e. The van der Waals surface area contributed by atoms with Gasteiger partial charge in [-0.3, -0.25) is 0 Å². The Hall–Kier alpha value is -1.99. The third kappa shape index (κ3) is 9.06. The fourth-order valence-electron chi connectivity index (χ4n) is 4.89. The van der Waals surface area contributed by atoms with Crippen molar-refractivity contribution in [3.05, 3.63) is 102 Å². The molecule has 37 heavy (non-hydrogen) atoms. The van der Waals surface area contributed by atoms with Crippen LogP contribution >= 0.6 is 0 Å². The minimum Gasteiger partial charge on any atom is -0.493 e. The molecule has 0 bridgehead atoms. The standard InChI is InChI=1S/C32H44N2.2CH3.Ni/c1-6-11-14-26-17-24(9-4)19-29(21-26)31-23-28(16-13-8-3)32(34(31)33)30-20-25(10-5)18-27(22-30)15-12-7-2;;;/h17-23H,6-16H2,1-5H3;2*1H3;/q;2*-1;+2. The fraction of sp³-hybridized carbons (Fsp3) is 0.471. The van der Waals surface area contributed by atoms with Crippen LogP contribution in [0.4, 0.5) is 0 Å². The summed E-state index contributed by atoms with van der Waals surface area (Å²) >= 11 is 0. The molecule has 0 aliphatic carbocycles. The van der Waals surface area contributed by atoms with Crippen LogP contribution in [0.2, 0.25) is 0 Å². The zero-order chi connectivity index (χ0) is 24.5. The SMILES string of the molecule is CCCCC1=C(c2cc(CC)cc(CCCC)c2)[N+](=[N-])C(c2cc(CC)cc(CCCC)c2)=C1.[CH3-].[CH3-].[Ni+2]. The predicted molar refractivity (Wildman–Crippen MR) is 160 cm³/mol. The third-order valence-corrected chi connectivity index (χ3v) is 6.98. The van der Waals surface area contributed by atoms with Crippen molar-refractivity contribution in [3.63, 3.8) is 0 Å². The molecule has 1 aliphatic rings. The Balaban J connectivity index is 0.00000432. The van der Waals surface area contributed by atoms with E-state index >= 15 is 0 Å². The molecule has 0 atom stereocenters. The van der Waals surface area contributed by atoms with Gasteiger partial charge in [-0.05, 0) is 97.9 Å². The molecule has 3 rings (SSSR count). The van der Waals surface area contributed by atoms with E-state index in [1.54, 1.807) is 0 Å². The van der Waals surface area contributed by atoms with E-state index in [0.717, 1.165) is 67.5 Å². The van der Waals surface area contributed by atoms with Gasteiger partial charge in [0.1, 0.15) is 0 Å². The van der Waals surface area contributed by atoms with Crippen LogP contribution in [0.15, 0.2) is 48.0 Å². The van der Waals surface area contributed by atoms with Crippen molar-refractivity contribution in [2.75, 3.05) is 0 Å². The fourth-order valence-corrected chi connectivity index (χ4v) is 4.89. The molecule has 0 saturated carbocycles. The first-order chi connectivity index (χ1) is 16.5. The van der Waals surface area contributed by atoms with Gasteiger partial charge in [-0.15, -0.1) is 0 Å². The zero-order valence-electron chi connectivity index (χ0n) is 24.5. The van der Waals surface area contributed by atoms with Gasteiger partial charge in [0.05, 0.1) is 0 Å². The van der Waals surface area contributed by atoms with E-state index in [4.69, 9.17) is 0 Å². The van der Waals surface area contributed by atoms with Crippen LogP contribution in [0.5, 0.6) is 0 Å². The average molecular weight is 545 g/mol. The number of hydrogen-bond donors (Lipinski definition) is 0. The summed E-state index contributed by atoms with van der Waals surface area (Å²) in [6.45, 7) is 11.2. The number of aryl methyl sites for hydroxylation is 4. The van der Waals surface area contributed by atoms with E-state index in [9.17, 15) is 5.53 Å². The Morgan fingerprint density at radius 3 is 1.51 bits per heavy atom. The van der Waals surface area contributed by atoms with E-state index in [-0.39, 0.29) is 31.3 Å².